The van der Waals surface area contributed by atoms with E-state index >= 15 is 0 Å². The summed E-state index contributed by atoms with van der Waals surface area (Å²) in [5, 5.41) is 10.2. The molecule has 2 heteroatoms. The van der Waals surface area contributed by atoms with Gasteiger partial charge in [0.05, 0.1) is 0 Å². The predicted molar refractivity (Wildman–Crippen MR) is 243 cm³/mol. The lowest BCUT2D eigenvalue weighted by Crippen LogP contribution is -2.10. The van der Waals surface area contributed by atoms with Gasteiger partial charge in [0.15, 0.2) is 0 Å². The molecule has 11 aromatic rings. The second-order valence-electron chi connectivity index (χ2n) is 14.5. The molecular formula is C54H35NS. The fraction of sp³-hybridized carbons (Fsp3) is 0. The van der Waals surface area contributed by atoms with Crippen molar-refractivity contribution in [3.8, 4) is 33.4 Å². The Bertz CT molecular complexity index is 3250. The van der Waals surface area contributed by atoms with Crippen LogP contribution in [0.3, 0.4) is 0 Å². The summed E-state index contributed by atoms with van der Waals surface area (Å²) in [6.07, 6.45) is 0. The molecule has 0 amide bonds. The first-order valence-electron chi connectivity index (χ1n) is 19.2. The minimum absolute atomic E-state index is 1.11. The Balaban J connectivity index is 1.00. The predicted octanol–water partition coefficient (Wildman–Crippen LogP) is 16.0. The van der Waals surface area contributed by atoms with Crippen LogP contribution in [-0.4, -0.2) is 0 Å². The highest BCUT2D eigenvalue weighted by atomic mass is 32.1. The number of benzene rings is 10. The normalized spacial score (nSPS) is 11.6. The fourth-order valence-corrected chi connectivity index (χ4v) is 9.57. The number of fused-ring (bicyclic) bond motifs is 7. The van der Waals surface area contributed by atoms with Gasteiger partial charge in [-0.3, -0.25) is 0 Å². The molecule has 0 saturated heterocycles. The van der Waals surface area contributed by atoms with Crippen LogP contribution in [0.15, 0.2) is 212 Å². The van der Waals surface area contributed by atoms with Crippen LogP contribution in [-0.2, 0) is 0 Å². The summed E-state index contributed by atoms with van der Waals surface area (Å²) >= 11 is 1.86. The molecule has 11 rings (SSSR count). The van der Waals surface area contributed by atoms with Crippen molar-refractivity contribution in [1.82, 2.24) is 0 Å². The molecule has 56 heavy (non-hydrogen) atoms. The lowest BCUT2D eigenvalue weighted by Gasteiger charge is -2.26. The Morgan fingerprint density at radius 1 is 0.286 bits per heavy atom. The number of anilines is 3. The second-order valence-corrected chi connectivity index (χ2v) is 15.6. The van der Waals surface area contributed by atoms with Crippen molar-refractivity contribution in [2.75, 3.05) is 4.90 Å². The van der Waals surface area contributed by atoms with Crippen molar-refractivity contribution in [3.05, 3.63) is 212 Å². The first-order chi connectivity index (χ1) is 27.7. The van der Waals surface area contributed by atoms with E-state index in [-0.39, 0.29) is 0 Å². The SMILES string of the molecule is c1cc(-c2ccc3ccccc3c2)cc(N(c2ccc(-c3ccc4c(ccc5ccccc54)c3)cc2)c2ccc(-c3cccc4sc5ccccc5c34)cc2)c1. The van der Waals surface area contributed by atoms with E-state index in [0.29, 0.717) is 0 Å². The maximum atomic E-state index is 2.38. The van der Waals surface area contributed by atoms with Gasteiger partial charge in [0, 0.05) is 37.2 Å². The largest absolute Gasteiger partial charge is 0.310 e. The lowest BCUT2D eigenvalue weighted by molar-refractivity contribution is 1.28. The first-order valence-corrected chi connectivity index (χ1v) is 20.0. The van der Waals surface area contributed by atoms with Crippen LogP contribution in [0.5, 0.6) is 0 Å². The van der Waals surface area contributed by atoms with Crippen molar-refractivity contribution in [3.63, 3.8) is 0 Å². The minimum Gasteiger partial charge on any atom is -0.310 e. The molecule has 0 aliphatic carbocycles. The van der Waals surface area contributed by atoms with E-state index in [1.165, 1.54) is 85.9 Å². The smallest absolute Gasteiger partial charge is 0.0467 e. The number of hydrogen-bond donors (Lipinski definition) is 0. The lowest BCUT2D eigenvalue weighted by atomic mass is 9.97. The molecule has 1 nitrogen and oxygen atoms in total. The molecule has 0 atom stereocenters. The second kappa shape index (κ2) is 13.4. The van der Waals surface area contributed by atoms with Crippen LogP contribution in [0.4, 0.5) is 17.1 Å². The standard InChI is InChI=1S/C54H35NS/c1-2-11-40-33-43(21-19-36(40)9-1)41-12-7-13-47(35-41)55(46-30-25-39(26-31-46)50-16-8-18-53-54(50)51-15-5-6-17-52(51)56-53)45-28-23-37(24-29-45)42-27-32-49-44(34-42)22-20-38-10-3-4-14-48(38)49/h1-35H. The van der Waals surface area contributed by atoms with Gasteiger partial charge in [0.1, 0.15) is 0 Å². The molecule has 1 heterocycles. The Hall–Kier alpha value is -7.00. The molecular weight excluding hydrogens is 695 g/mol. The maximum absolute atomic E-state index is 2.38. The first kappa shape index (κ1) is 32.4. The fourth-order valence-electron chi connectivity index (χ4n) is 8.44. The highest BCUT2D eigenvalue weighted by Crippen LogP contribution is 2.42. The van der Waals surface area contributed by atoms with Gasteiger partial charge in [-0.15, -0.1) is 11.3 Å². The molecule has 1 aromatic heterocycles. The quantitative estimate of drug-likeness (QED) is 0.154. The Labute approximate surface area is 330 Å². The summed E-state index contributed by atoms with van der Waals surface area (Å²) < 4.78 is 2.64. The van der Waals surface area contributed by atoms with E-state index in [2.05, 4.69) is 217 Å². The van der Waals surface area contributed by atoms with E-state index < -0.39 is 0 Å². The molecule has 0 saturated carbocycles. The van der Waals surface area contributed by atoms with Crippen molar-refractivity contribution < 1.29 is 0 Å². The highest BCUT2D eigenvalue weighted by molar-refractivity contribution is 7.25. The Morgan fingerprint density at radius 2 is 0.839 bits per heavy atom. The number of hydrogen-bond acceptors (Lipinski definition) is 2. The molecule has 0 N–H and O–H groups in total. The molecule has 262 valence electrons. The van der Waals surface area contributed by atoms with Crippen LogP contribution in [0.2, 0.25) is 0 Å². The van der Waals surface area contributed by atoms with Gasteiger partial charge in [0.25, 0.3) is 0 Å². The third kappa shape index (κ3) is 5.62. The molecule has 10 aromatic carbocycles. The van der Waals surface area contributed by atoms with Gasteiger partial charge in [0.2, 0.25) is 0 Å². The van der Waals surface area contributed by atoms with Crippen molar-refractivity contribution in [2.45, 2.75) is 0 Å². The van der Waals surface area contributed by atoms with Crippen molar-refractivity contribution >= 4 is 80.9 Å². The van der Waals surface area contributed by atoms with Crippen LogP contribution in [0.1, 0.15) is 0 Å². The Morgan fingerprint density at radius 3 is 1.68 bits per heavy atom. The minimum atomic E-state index is 1.11. The third-order valence-corrected chi connectivity index (χ3v) is 12.4. The summed E-state index contributed by atoms with van der Waals surface area (Å²) in [6, 6.07) is 77.8. The summed E-state index contributed by atoms with van der Waals surface area (Å²) in [5.41, 5.74) is 10.6. The molecule has 0 radical (unpaired) electrons. The summed E-state index contributed by atoms with van der Waals surface area (Å²) in [6.45, 7) is 0. The van der Waals surface area contributed by atoms with Gasteiger partial charge >= 0.3 is 0 Å². The average Bonchev–Trinajstić information content (AvgIpc) is 3.66. The maximum Gasteiger partial charge on any atom is 0.0467 e. The zero-order chi connectivity index (χ0) is 37.0. The molecule has 0 aliphatic rings. The topological polar surface area (TPSA) is 3.24 Å². The van der Waals surface area contributed by atoms with Crippen molar-refractivity contribution in [2.24, 2.45) is 0 Å². The number of nitrogens with zero attached hydrogens (tertiary/aromatic N) is 1. The molecule has 0 fully saturated rings. The number of rotatable bonds is 6. The monoisotopic (exact) mass is 729 g/mol. The van der Waals surface area contributed by atoms with Crippen LogP contribution in [0.25, 0.3) is 85.9 Å². The Kier molecular flexibility index (Phi) is 7.75. The third-order valence-electron chi connectivity index (χ3n) is 11.2. The van der Waals surface area contributed by atoms with E-state index in [1.807, 2.05) is 11.3 Å². The van der Waals surface area contributed by atoms with Gasteiger partial charge in [-0.05, 0) is 126 Å². The summed E-state index contributed by atoms with van der Waals surface area (Å²) in [7, 11) is 0. The van der Waals surface area contributed by atoms with E-state index in [0.717, 1.165) is 17.1 Å². The molecule has 0 bridgehead atoms. The molecule has 0 aliphatic heterocycles. The van der Waals surface area contributed by atoms with E-state index in [9.17, 15) is 0 Å². The van der Waals surface area contributed by atoms with E-state index in [1.54, 1.807) is 0 Å². The van der Waals surface area contributed by atoms with Gasteiger partial charge in [-0.2, -0.15) is 0 Å². The zero-order valence-corrected chi connectivity index (χ0v) is 31.4. The zero-order valence-electron chi connectivity index (χ0n) is 30.6. The van der Waals surface area contributed by atoms with Crippen LogP contribution >= 0.6 is 11.3 Å². The average molecular weight is 730 g/mol. The van der Waals surface area contributed by atoms with Crippen molar-refractivity contribution in [1.29, 1.82) is 0 Å². The summed E-state index contributed by atoms with van der Waals surface area (Å²) in [4.78, 5) is 2.38. The van der Waals surface area contributed by atoms with Gasteiger partial charge in [-0.1, -0.05) is 152 Å². The summed E-state index contributed by atoms with van der Waals surface area (Å²) in [5.74, 6) is 0. The van der Waals surface area contributed by atoms with E-state index in [4.69, 9.17) is 0 Å². The molecule has 0 unspecified atom stereocenters. The van der Waals surface area contributed by atoms with Crippen LogP contribution in [0, 0.1) is 0 Å². The van der Waals surface area contributed by atoms with Gasteiger partial charge in [-0.25, -0.2) is 0 Å². The number of thiophene rings is 1. The van der Waals surface area contributed by atoms with Crippen LogP contribution < -0.4 is 4.90 Å². The van der Waals surface area contributed by atoms with Gasteiger partial charge < -0.3 is 4.90 Å². The highest BCUT2D eigenvalue weighted by Gasteiger charge is 2.16. The molecule has 0 spiro atoms.